The fraction of sp³-hybridized carbons (Fsp3) is 0.0952. The van der Waals surface area contributed by atoms with Crippen LogP contribution in [-0.4, -0.2) is 12.1 Å². The monoisotopic (exact) mass is 550 g/mol. The van der Waals surface area contributed by atoms with Crippen molar-refractivity contribution < 1.29 is 22.6 Å². The molecule has 0 amide bonds. The van der Waals surface area contributed by atoms with Crippen molar-refractivity contribution in [1.29, 1.82) is 0 Å². The summed E-state index contributed by atoms with van der Waals surface area (Å²) in [7, 11) is 1.58. The molecule has 4 nitrogen and oxygen atoms in total. The first-order chi connectivity index (χ1) is 15.6. The van der Waals surface area contributed by atoms with Crippen LogP contribution in [-0.2, 0) is 6.18 Å². The number of nitrogens with one attached hydrogen (secondary N) is 1. The van der Waals surface area contributed by atoms with Crippen LogP contribution in [0.2, 0.25) is 15.1 Å². The van der Waals surface area contributed by atoms with E-state index in [1.54, 1.807) is 25.3 Å². The van der Waals surface area contributed by atoms with Crippen LogP contribution in [0.1, 0.15) is 5.56 Å². The fourth-order valence-electron chi connectivity index (χ4n) is 2.73. The smallest absolute Gasteiger partial charge is 0.416 e. The number of aromatic nitrogens is 1. The summed E-state index contributed by atoms with van der Waals surface area (Å²) in [6.45, 7) is 0. The molecule has 33 heavy (non-hydrogen) atoms. The van der Waals surface area contributed by atoms with E-state index in [9.17, 15) is 13.2 Å². The van der Waals surface area contributed by atoms with Crippen LogP contribution in [0.15, 0.2) is 53.4 Å². The maximum Gasteiger partial charge on any atom is 0.416 e. The van der Waals surface area contributed by atoms with Gasteiger partial charge < -0.3 is 14.2 Å². The summed E-state index contributed by atoms with van der Waals surface area (Å²) in [6.07, 6.45) is -4.47. The lowest BCUT2D eigenvalue weighted by Crippen LogP contribution is -2.04. The number of nitrogens with zero attached hydrogens (tertiary/aromatic N) is 1. The number of anilines is 1. The Morgan fingerprint density at radius 1 is 0.970 bits per heavy atom. The minimum atomic E-state index is -4.47. The topological polar surface area (TPSA) is 43.4 Å². The molecule has 12 heteroatoms. The number of ether oxygens (including phenoxy) is 2. The standard InChI is InChI=1S/C21H12Cl3F3N2O2S2/c1-30-12-3-4-16-18(9-12)32-20(28-16)31-19-14(23)7-11(8-15(19)24)29-33-17-5-2-10(6-13(17)22)21(25,26)27/h2-9,29H,1H3. The van der Waals surface area contributed by atoms with E-state index in [2.05, 4.69) is 9.71 Å². The number of alkyl halides is 3. The van der Waals surface area contributed by atoms with E-state index in [4.69, 9.17) is 44.3 Å². The highest BCUT2D eigenvalue weighted by molar-refractivity contribution is 8.00. The zero-order chi connectivity index (χ0) is 23.8. The Morgan fingerprint density at radius 3 is 2.33 bits per heavy atom. The van der Waals surface area contributed by atoms with Gasteiger partial charge in [-0.3, -0.25) is 0 Å². The zero-order valence-corrected chi connectivity index (χ0v) is 20.4. The molecule has 0 saturated heterocycles. The maximum absolute atomic E-state index is 12.8. The average Bonchev–Trinajstić information content (AvgIpc) is 3.16. The molecule has 0 unspecified atom stereocenters. The summed E-state index contributed by atoms with van der Waals surface area (Å²) < 4.78 is 53.3. The molecule has 0 fully saturated rings. The van der Waals surface area contributed by atoms with Gasteiger partial charge in [0.1, 0.15) is 5.75 Å². The van der Waals surface area contributed by atoms with Crippen molar-refractivity contribution in [3.8, 4) is 16.7 Å². The van der Waals surface area contributed by atoms with Crippen LogP contribution in [0.4, 0.5) is 18.9 Å². The van der Waals surface area contributed by atoms with Gasteiger partial charge in [0.15, 0.2) is 5.75 Å². The quantitative estimate of drug-likeness (QED) is 0.242. The third kappa shape index (κ3) is 5.55. The van der Waals surface area contributed by atoms with Gasteiger partial charge in [-0.25, -0.2) is 4.98 Å². The van der Waals surface area contributed by atoms with Gasteiger partial charge in [-0.2, -0.15) is 13.2 Å². The lowest BCUT2D eigenvalue weighted by Gasteiger charge is -2.12. The SMILES string of the molecule is COc1ccc2nc(Oc3c(Cl)cc(NSc4ccc(C(F)(F)F)cc4Cl)cc3Cl)sc2c1. The van der Waals surface area contributed by atoms with Crippen LogP contribution in [0, 0.1) is 0 Å². The molecule has 4 aromatic rings. The molecule has 4 rings (SSSR count). The molecule has 1 heterocycles. The Hall–Kier alpha value is -2.04. The van der Waals surface area contributed by atoms with Crippen LogP contribution in [0.3, 0.4) is 0 Å². The summed E-state index contributed by atoms with van der Waals surface area (Å²) >= 11 is 21.0. The van der Waals surface area contributed by atoms with Gasteiger partial charge in [-0.15, -0.1) is 0 Å². The molecule has 0 atom stereocenters. The molecule has 0 aliphatic heterocycles. The summed E-state index contributed by atoms with van der Waals surface area (Å²) in [5, 5.41) is 0.766. The number of rotatable bonds is 6. The van der Waals surface area contributed by atoms with Crippen molar-refractivity contribution in [3.05, 3.63) is 69.2 Å². The second-order valence-corrected chi connectivity index (χ2v) is 9.59. The summed E-state index contributed by atoms with van der Waals surface area (Å²) in [5.41, 5.74) is 0.427. The van der Waals surface area contributed by atoms with Crippen LogP contribution in [0.25, 0.3) is 10.2 Å². The largest absolute Gasteiger partial charge is 0.497 e. The van der Waals surface area contributed by atoms with Gasteiger partial charge >= 0.3 is 6.18 Å². The molecule has 1 N–H and O–H groups in total. The summed E-state index contributed by atoms with van der Waals surface area (Å²) in [6, 6.07) is 11.7. The van der Waals surface area contributed by atoms with Gasteiger partial charge in [0.05, 0.1) is 38.0 Å². The van der Waals surface area contributed by atoms with Crippen molar-refractivity contribution in [3.63, 3.8) is 0 Å². The number of hydrogen-bond donors (Lipinski definition) is 1. The number of halogens is 6. The first-order valence-corrected chi connectivity index (χ1v) is 11.8. The molecule has 0 saturated carbocycles. The maximum atomic E-state index is 12.8. The van der Waals surface area contributed by atoms with Crippen LogP contribution >= 0.6 is 58.1 Å². The molecular weight excluding hydrogens is 540 g/mol. The zero-order valence-electron chi connectivity index (χ0n) is 16.5. The van der Waals surface area contributed by atoms with Gasteiger partial charge in [0.25, 0.3) is 5.19 Å². The number of thiazole rings is 1. The van der Waals surface area contributed by atoms with E-state index in [-0.39, 0.29) is 20.8 Å². The van der Waals surface area contributed by atoms with E-state index in [0.29, 0.717) is 21.5 Å². The van der Waals surface area contributed by atoms with Crippen molar-refractivity contribution >= 4 is 74.0 Å². The lowest BCUT2D eigenvalue weighted by atomic mass is 10.2. The van der Waals surface area contributed by atoms with Crippen LogP contribution < -0.4 is 14.2 Å². The first kappa shape index (κ1) is 24.1. The molecule has 3 aromatic carbocycles. The highest BCUT2D eigenvalue weighted by atomic mass is 35.5. The number of fused-ring (bicyclic) bond motifs is 1. The van der Waals surface area contributed by atoms with E-state index in [1.807, 2.05) is 12.1 Å². The first-order valence-electron chi connectivity index (χ1n) is 9.05. The normalized spacial score (nSPS) is 11.6. The minimum Gasteiger partial charge on any atom is -0.497 e. The molecule has 0 aliphatic carbocycles. The predicted octanol–water partition coefficient (Wildman–Crippen LogP) is 9.20. The van der Waals surface area contributed by atoms with E-state index < -0.39 is 11.7 Å². The third-order valence-corrected chi connectivity index (χ3v) is 7.10. The Bertz CT molecular complexity index is 1310. The third-order valence-electron chi connectivity index (χ3n) is 4.30. The summed E-state index contributed by atoms with van der Waals surface area (Å²) in [4.78, 5) is 4.81. The second kappa shape index (κ2) is 9.68. The van der Waals surface area contributed by atoms with E-state index >= 15 is 0 Å². The lowest BCUT2D eigenvalue weighted by molar-refractivity contribution is -0.137. The highest BCUT2D eigenvalue weighted by Gasteiger charge is 2.31. The number of hydrogen-bond acceptors (Lipinski definition) is 6. The molecule has 0 aliphatic rings. The molecule has 1 aromatic heterocycles. The fourth-order valence-corrected chi connectivity index (χ4v) is 5.08. The Labute approximate surface area is 209 Å². The van der Waals surface area contributed by atoms with Gasteiger partial charge in [0, 0.05) is 10.6 Å². The Balaban J connectivity index is 1.49. The van der Waals surface area contributed by atoms with Crippen molar-refractivity contribution in [2.24, 2.45) is 0 Å². The van der Waals surface area contributed by atoms with E-state index in [0.717, 1.165) is 34.3 Å². The van der Waals surface area contributed by atoms with E-state index in [1.165, 1.54) is 17.4 Å². The van der Waals surface area contributed by atoms with Crippen molar-refractivity contribution in [2.75, 3.05) is 11.8 Å². The van der Waals surface area contributed by atoms with Crippen molar-refractivity contribution in [1.82, 2.24) is 4.98 Å². The molecule has 172 valence electrons. The van der Waals surface area contributed by atoms with Crippen LogP contribution in [0.5, 0.6) is 16.7 Å². The Kier molecular flexibility index (Phi) is 7.07. The molecule has 0 bridgehead atoms. The number of benzene rings is 3. The van der Waals surface area contributed by atoms with Gasteiger partial charge in [0.2, 0.25) is 0 Å². The average molecular weight is 552 g/mol. The molecular formula is C21H12Cl3F3N2O2S2. The summed E-state index contributed by atoms with van der Waals surface area (Å²) in [5.74, 6) is 0.933. The highest BCUT2D eigenvalue weighted by Crippen LogP contribution is 2.42. The van der Waals surface area contributed by atoms with Gasteiger partial charge in [-0.05, 0) is 60.5 Å². The molecule has 0 spiro atoms. The number of methoxy groups -OCH3 is 1. The minimum absolute atomic E-state index is 0.0352. The van der Waals surface area contributed by atoms with Crippen molar-refractivity contribution in [2.45, 2.75) is 11.1 Å². The van der Waals surface area contributed by atoms with Gasteiger partial charge in [-0.1, -0.05) is 46.1 Å². The predicted molar refractivity (Wildman–Crippen MR) is 129 cm³/mol. The molecule has 0 radical (unpaired) electrons. The second-order valence-electron chi connectivity index (χ2n) is 6.53. The Morgan fingerprint density at radius 2 is 1.70 bits per heavy atom.